The van der Waals surface area contributed by atoms with Gasteiger partial charge in [0.2, 0.25) is 0 Å². The SMILES string of the molecule is CN1CCCN(C)C1=NCc1ccccc1.I. The van der Waals surface area contributed by atoms with E-state index in [1.54, 1.807) is 0 Å². The van der Waals surface area contributed by atoms with Crippen LogP contribution in [0, 0.1) is 0 Å². The van der Waals surface area contributed by atoms with E-state index >= 15 is 0 Å². The Morgan fingerprint density at radius 1 is 1.06 bits per heavy atom. The fraction of sp³-hybridized carbons (Fsp3) is 0.462. The molecule has 4 heteroatoms. The summed E-state index contributed by atoms with van der Waals surface area (Å²) in [6.07, 6.45) is 1.22. The van der Waals surface area contributed by atoms with Gasteiger partial charge in [-0.2, -0.15) is 0 Å². The number of guanidine groups is 1. The maximum atomic E-state index is 4.68. The molecule has 1 aromatic rings. The monoisotopic (exact) mass is 345 g/mol. The Labute approximate surface area is 121 Å². The van der Waals surface area contributed by atoms with Crippen LogP contribution >= 0.6 is 24.0 Å². The molecule has 1 heterocycles. The summed E-state index contributed by atoms with van der Waals surface area (Å²) < 4.78 is 0. The molecule has 0 spiro atoms. The highest BCUT2D eigenvalue weighted by molar-refractivity contribution is 14.0. The van der Waals surface area contributed by atoms with Gasteiger partial charge in [0, 0.05) is 27.2 Å². The zero-order chi connectivity index (χ0) is 11.4. The molecule has 1 aliphatic rings. The second-order valence-corrected chi connectivity index (χ2v) is 4.30. The normalized spacial score (nSPS) is 15.5. The van der Waals surface area contributed by atoms with E-state index in [9.17, 15) is 0 Å². The fourth-order valence-corrected chi connectivity index (χ4v) is 2.02. The van der Waals surface area contributed by atoms with E-state index in [4.69, 9.17) is 0 Å². The van der Waals surface area contributed by atoms with E-state index in [1.807, 2.05) is 6.07 Å². The first kappa shape index (κ1) is 14.3. The van der Waals surface area contributed by atoms with Crippen molar-refractivity contribution in [3.63, 3.8) is 0 Å². The number of halogens is 1. The lowest BCUT2D eigenvalue weighted by Crippen LogP contribution is -2.46. The fourth-order valence-electron chi connectivity index (χ4n) is 2.02. The van der Waals surface area contributed by atoms with Gasteiger partial charge in [0.05, 0.1) is 6.54 Å². The molecule has 94 valence electrons. The minimum atomic E-state index is 0. The van der Waals surface area contributed by atoms with Crippen LogP contribution in [0.25, 0.3) is 0 Å². The van der Waals surface area contributed by atoms with Crippen LogP contribution in [0.2, 0.25) is 0 Å². The maximum absolute atomic E-state index is 4.68. The third kappa shape index (κ3) is 3.87. The van der Waals surface area contributed by atoms with E-state index in [0.29, 0.717) is 0 Å². The largest absolute Gasteiger partial charge is 0.346 e. The molecule has 0 saturated carbocycles. The molecule has 0 aliphatic carbocycles. The van der Waals surface area contributed by atoms with Crippen LogP contribution in [0.4, 0.5) is 0 Å². The van der Waals surface area contributed by atoms with Gasteiger partial charge in [-0.25, -0.2) is 4.99 Å². The number of aliphatic imine (C=N–C) groups is 1. The lowest BCUT2D eigenvalue weighted by atomic mass is 10.2. The van der Waals surface area contributed by atoms with E-state index in [2.05, 4.69) is 53.2 Å². The summed E-state index contributed by atoms with van der Waals surface area (Å²) in [5, 5.41) is 0. The van der Waals surface area contributed by atoms with Gasteiger partial charge in [0.1, 0.15) is 0 Å². The van der Waals surface area contributed by atoms with Crippen molar-refractivity contribution in [2.75, 3.05) is 27.2 Å². The van der Waals surface area contributed by atoms with Gasteiger partial charge in [-0.3, -0.25) is 0 Å². The first-order valence-corrected chi connectivity index (χ1v) is 5.78. The highest BCUT2D eigenvalue weighted by atomic mass is 127. The number of hydrogen-bond acceptors (Lipinski definition) is 1. The highest BCUT2D eigenvalue weighted by Gasteiger charge is 2.16. The van der Waals surface area contributed by atoms with Gasteiger partial charge < -0.3 is 9.80 Å². The summed E-state index contributed by atoms with van der Waals surface area (Å²) in [4.78, 5) is 9.14. The number of hydrogen-bond donors (Lipinski definition) is 0. The first-order valence-electron chi connectivity index (χ1n) is 5.78. The van der Waals surface area contributed by atoms with Gasteiger partial charge in [-0.05, 0) is 12.0 Å². The number of benzene rings is 1. The van der Waals surface area contributed by atoms with Gasteiger partial charge in [-0.1, -0.05) is 30.3 Å². The van der Waals surface area contributed by atoms with E-state index in [1.165, 1.54) is 12.0 Å². The van der Waals surface area contributed by atoms with Crippen molar-refractivity contribution in [3.8, 4) is 0 Å². The van der Waals surface area contributed by atoms with Crippen molar-refractivity contribution in [1.29, 1.82) is 0 Å². The summed E-state index contributed by atoms with van der Waals surface area (Å²) in [5.74, 6) is 1.11. The summed E-state index contributed by atoms with van der Waals surface area (Å²) in [7, 11) is 4.22. The molecule has 0 radical (unpaired) electrons. The third-order valence-electron chi connectivity index (χ3n) is 2.92. The molecule has 0 bridgehead atoms. The molecule has 3 nitrogen and oxygen atoms in total. The summed E-state index contributed by atoms with van der Waals surface area (Å²) in [6, 6.07) is 10.4. The summed E-state index contributed by atoms with van der Waals surface area (Å²) in [6.45, 7) is 2.99. The summed E-state index contributed by atoms with van der Waals surface area (Å²) >= 11 is 0. The molecule has 0 atom stereocenters. The van der Waals surface area contributed by atoms with Crippen molar-refractivity contribution in [2.24, 2.45) is 4.99 Å². The van der Waals surface area contributed by atoms with Crippen LogP contribution in [-0.4, -0.2) is 42.9 Å². The molecular weight excluding hydrogens is 325 g/mol. The average molecular weight is 345 g/mol. The van der Waals surface area contributed by atoms with Gasteiger partial charge in [-0.15, -0.1) is 24.0 Å². The standard InChI is InChI=1S/C13H19N3.HI/c1-15-9-6-10-16(2)13(15)14-11-12-7-4-3-5-8-12;/h3-5,7-8H,6,9-11H2,1-2H3;1H. The predicted molar refractivity (Wildman–Crippen MR) is 82.9 cm³/mol. The first-order chi connectivity index (χ1) is 7.77. The smallest absolute Gasteiger partial charge is 0.196 e. The van der Waals surface area contributed by atoms with E-state index in [-0.39, 0.29) is 24.0 Å². The van der Waals surface area contributed by atoms with Crippen molar-refractivity contribution in [1.82, 2.24) is 9.80 Å². The van der Waals surface area contributed by atoms with Crippen LogP contribution in [0.1, 0.15) is 12.0 Å². The van der Waals surface area contributed by atoms with Crippen molar-refractivity contribution in [2.45, 2.75) is 13.0 Å². The highest BCUT2D eigenvalue weighted by Crippen LogP contribution is 2.07. The molecule has 1 fully saturated rings. The topological polar surface area (TPSA) is 18.8 Å². The van der Waals surface area contributed by atoms with Crippen molar-refractivity contribution >= 4 is 29.9 Å². The second kappa shape index (κ2) is 6.83. The van der Waals surface area contributed by atoms with E-state index in [0.717, 1.165) is 25.6 Å². The van der Waals surface area contributed by atoms with Crippen LogP contribution in [0.5, 0.6) is 0 Å². The molecule has 0 amide bonds. The predicted octanol–water partition coefficient (Wildman–Crippen LogP) is 2.43. The van der Waals surface area contributed by atoms with Crippen molar-refractivity contribution < 1.29 is 0 Å². The molecule has 0 N–H and O–H groups in total. The number of nitrogens with zero attached hydrogens (tertiary/aromatic N) is 3. The average Bonchev–Trinajstić information content (AvgIpc) is 2.30. The van der Waals surface area contributed by atoms with Crippen LogP contribution in [0.3, 0.4) is 0 Å². The number of rotatable bonds is 2. The molecule has 0 unspecified atom stereocenters. The zero-order valence-electron chi connectivity index (χ0n) is 10.5. The third-order valence-corrected chi connectivity index (χ3v) is 2.92. The van der Waals surface area contributed by atoms with Gasteiger partial charge >= 0.3 is 0 Å². The second-order valence-electron chi connectivity index (χ2n) is 4.30. The lowest BCUT2D eigenvalue weighted by molar-refractivity contribution is 0.316. The Morgan fingerprint density at radius 3 is 2.24 bits per heavy atom. The molecule has 1 aliphatic heterocycles. The molecule has 1 aromatic carbocycles. The molecule has 0 aromatic heterocycles. The molecule has 17 heavy (non-hydrogen) atoms. The minimum Gasteiger partial charge on any atom is -0.346 e. The quantitative estimate of drug-likeness (QED) is 0.767. The summed E-state index contributed by atoms with van der Waals surface area (Å²) in [5.41, 5.74) is 1.27. The van der Waals surface area contributed by atoms with E-state index < -0.39 is 0 Å². The Bertz CT molecular complexity index is 352. The Hall–Kier alpha value is -0.780. The molecule has 2 rings (SSSR count). The Morgan fingerprint density at radius 2 is 1.65 bits per heavy atom. The van der Waals surface area contributed by atoms with Crippen LogP contribution in [-0.2, 0) is 6.54 Å². The molecule has 1 saturated heterocycles. The van der Waals surface area contributed by atoms with Gasteiger partial charge in [0.25, 0.3) is 0 Å². The van der Waals surface area contributed by atoms with Crippen molar-refractivity contribution in [3.05, 3.63) is 35.9 Å². The van der Waals surface area contributed by atoms with Crippen LogP contribution in [0.15, 0.2) is 35.3 Å². The zero-order valence-corrected chi connectivity index (χ0v) is 12.8. The minimum absolute atomic E-state index is 0. The Kier molecular flexibility index (Phi) is 5.74. The molecular formula is C13H20IN3. The Balaban J connectivity index is 0.00000144. The van der Waals surface area contributed by atoms with Gasteiger partial charge in [0.15, 0.2) is 5.96 Å². The maximum Gasteiger partial charge on any atom is 0.196 e. The van der Waals surface area contributed by atoms with Crippen LogP contribution < -0.4 is 0 Å². The lowest BCUT2D eigenvalue weighted by Gasteiger charge is -2.34.